The molecule has 1 atom stereocenters. The van der Waals surface area contributed by atoms with E-state index in [0.29, 0.717) is 30.7 Å². The van der Waals surface area contributed by atoms with Crippen LogP contribution in [0.1, 0.15) is 43.7 Å². The van der Waals surface area contributed by atoms with E-state index in [1.165, 1.54) is 18.4 Å². The Balaban J connectivity index is 1.33. The maximum Gasteiger partial charge on any atom is 0.226 e. The van der Waals surface area contributed by atoms with Crippen molar-refractivity contribution in [1.29, 1.82) is 0 Å². The molecule has 1 aromatic carbocycles. The summed E-state index contributed by atoms with van der Waals surface area (Å²) in [6.45, 7) is 4.20. The Morgan fingerprint density at radius 1 is 1.30 bits per heavy atom. The Kier molecular flexibility index (Phi) is 4.79. The largest absolute Gasteiger partial charge is 0.441 e. The first-order chi connectivity index (χ1) is 13.1. The molecular weight excluding hydrogens is 340 g/mol. The molecular formula is C21H24N4O2. The number of nitrogens with zero attached hydrogens (tertiary/aromatic N) is 3. The van der Waals surface area contributed by atoms with Crippen LogP contribution in [0.3, 0.4) is 0 Å². The second-order valence-electron chi connectivity index (χ2n) is 7.27. The number of aryl methyl sites for hydroxylation is 2. The first-order valence-electron chi connectivity index (χ1n) is 9.45. The van der Waals surface area contributed by atoms with E-state index in [0.717, 1.165) is 17.1 Å². The summed E-state index contributed by atoms with van der Waals surface area (Å²) in [5.41, 5.74) is 2.19. The van der Waals surface area contributed by atoms with Gasteiger partial charge in [0, 0.05) is 24.5 Å². The normalized spacial score (nSPS) is 14.9. The number of hydrogen-bond donors (Lipinski definition) is 1. The fourth-order valence-electron chi connectivity index (χ4n) is 3.22. The van der Waals surface area contributed by atoms with Gasteiger partial charge >= 0.3 is 0 Å². The maximum absolute atomic E-state index is 12.3. The molecule has 6 nitrogen and oxygen atoms in total. The third-order valence-electron chi connectivity index (χ3n) is 5.08. The molecule has 4 rings (SSSR count). The zero-order chi connectivity index (χ0) is 18.8. The quantitative estimate of drug-likeness (QED) is 0.675. The number of benzene rings is 1. The van der Waals surface area contributed by atoms with Gasteiger partial charge in [-0.2, -0.15) is 5.10 Å². The Hall–Kier alpha value is -2.89. The zero-order valence-electron chi connectivity index (χ0n) is 15.7. The van der Waals surface area contributed by atoms with Crippen LogP contribution in [0.25, 0.3) is 11.3 Å². The lowest BCUT2D eigenvalue weighted by Crippen LogP contribution is -2.18. The summed E-state index contributed by atoms with van der Waals surface area (Å²) in [5.74, 6) is 2.66. The van der Waals surface area contributed by atoms with Crippen LogP contribution < -0.4 is 5.32 Å². The molecule has 1 saturated carbocycles. The molecule has 2 aromatic heterocycles. The SMILES string of the molecule is Cc1ccc(-c2cnc(CCC(=O)Nc3ccnn3C(C)C3CC3)o2)cc1. The van der Waals surface area contributed by atoms with Crippen LogP contribution in [0, 0.1) is 12.8 Å². The van der Waals surface area contributed by atoms with E-state index < -0.39 is 0 Å². The van der Waals surface area contributed by atoms with E-state index >= 15 is 0 Å². The molecule has 1 unspecified atom stereocenters. The first-order valence-corrected chi connectivity index (χ1v) is 9.45. The average Bonchev–Trinajstić information content (AvgIpc) is 3.23. The van der Waals surface area contributed by atoms with Crippen LogP contribution >= 0.6 is 0 Å². The number of aromatic nitrogens is 3. The van der Waals surface area contributed by atoms with Crippen molar-refractivity contribution in [2.75, 3.05) is 5.32 Å². The van der Waals surface area contributed by atoms with Crippen LogP contribution in [0.15, 0.2) is 47.1 Å². The zero-order valence-corrected chi connectivity index (χ0v) is 15.7. The molecule has 6 heteroatoms. The van der Waals surface area contributed by atoms with Crippen molar-refractivity contribution in [2.24, 2.45) is 5.92 Å². The second kappa shape index (κ2) is 7.39. The summed E-state index contributed by atoms with van der Waals surface area (Å²) in [7, 11) is 0. The van der Waals surface area contributed by atoms with E-state index in [-0.39, 0.29) is 5.91 Å². The molecule has 27 heavy (non-hydrogen) atoms. The first kappa shape index (κ1) is 17.5. The summed E-state index contributed by atoms with van der Waals surface area (Å²) in [6, 6.07) is 10.3. The minimum Gasteiger partial charge on any atom is -0.441 e. The van der Waals surface area contributed by atoms with Crippen LogP contribution in [-0.4, -0.2) is 20.7 Å². The molecule has 1 N–H and O–H groups in total. The third-order valence-corrected chi connectivity index (χ3v) is 5.08. The van der Waals surface area contributed by atoms with Gasteiger partial charge in [-0.1, -0.05) is 29.8 Å². The van der Waals surface area contributed by atoms with E-state index in [4.69, 9.17) is 4.42 Å². The number of hydrogen-bond acceptors (Lipinski definition) is 4. The molecule has 1 amide bonds. The molecule has 0 saturated heterocycles. The summed E-state index contributed by atoms with van der Waals surface area (Å²) in [5, 5.41) is 7.32. The minimum atomic E-state index is -0.0603. The molecule has 0 spiro atoms. The number of amides is 1. The number of anilines is 1. The van der Waals surface area contributed by atoms with Gasteiger partial charge in [0.05, 0.1) is 18.4 Å². The summed E-state index contributed by atoms with van der Waals surface area (Å²) >= 11 is 0. The molecule has 0 aliphatic heterocycles. The summed E-state index contributed by atoms with van der Waals surface area (Å²) in [4.78, 5) is 16.6. The van der Waals surface area contributed by atoms with Crippen LogP contribution in [-0.2, 0) is 11.2 Å². The van der Waals surface area contributed by atoms with Crippen LogP contribution in [0.5, 0.6) is 0 Å². The predicted molar refractivity (Wildman–Crippen MR) is 103 cm³/mol. The van der Waals surface area contributed by atoms with E-state index in [9.17, 15) is 4.79 Å². The van der Waals surface area contributed by atoms with Gasteiger partial charge in [-0.25, -0.2) is 9.67 Å². The predicted octanol–water partition coefficient (Wildman–Crippen LogP) is 4.39. The second-order valence-corrected chi connectivity index (χ2v) is 7.27. The lowest BCUT2D eigenvalue weighted by molar-refractivity contribution is -0.116. The molecule has 140 valence electrons. The van der Waals surface area contributed by atoms with E-state index in [1.807, 2.05) is 41.9 Å². The van der Waals surface area contributed by atoms with Gasteiger partial charge < -0.3 is 9.73 Å². The summed E-state index contributed by atoms with van der Waals surface area (Å²) in [6.07, 6.45) is 6.70. The third kappa shape index (κ3) is 4.10. The molecule has 0 radical (unpaired) electrons. The van der Waals surface area contributed by atoms with Crippen molar-refractivity contribution in [3.8, 4) is 11.3 Å². The topological polar surface area (TPSA) is 73.0 Å². The van der Waals surface area contributed by atoms with Crippen molar-refractivity contribution < 1.29 is 9.21 Å². The number of rotatable bonds is 7. The highest BCUT2D eigenvalue weighted by atomic mass is 16.4. The number of nitrogens with one attached hydrogen (secondary N) is 1. The van der Waals surface area contributed by atoms with Gasteiger partial charge in [0.25, 0.3) is 0 Å². The Bertz CT molecular complexity index is 922. The molecule has 2 heterocycles. The molecule has 1 aliphatic carbocycles. The highest BCUT2D eigenvalue weighted by Gasteiger charge is 2.30. The Morgan fingerprint density at radius 2 is 2.07 bits per heavy atom. The van der Waals surface area contributed by atoms with Gasteiger partial charge in [0.1, 0.15) is 5.82 Å². The average molecular weight is 364 g/mol. The van der Waals surface area contributed by atoms with Crippen molar-refractivity contribution in [2.45, 2.75) is 45.6 Å². The van der Waals surface area contributed by atoms with Crippen molar-refractivity contribution in [3.63, 3.8) is 0 Å². The molecule has 1 aliphatic rings. The van der Waals surface area contributed by atoms with E-state index in [1.54, 1.807) is 12.4 Å². The van der Waals surface area contributed by atoms with Gasteiger partial charge in [-0.05, 0) is 32.6 Å². The van der Waals surface area contributed by atoms with Crippen LogP contribution in [0.4, 0.5) is 5.82 Å². The van der Waals surface area contributed by atoms with Crippen LogP contribution in [0.2, 0.25) is 0 Å². The molecule has 3 aromatic rings. The molecule has 0 bridgehead atoms. The smallest absolute Gasteiger partial charge is 0.226 e. The Labute approximate surface area is 158 Å². The fourth-order valence-corrected chi connectivity index (χ4v) is 3.22. The lowest BCUT2D eigenvalue weighted by atomic mass is 10.1. The van der Waals surface area contributed by atoms with Crippen molar-refractivity contribution in [3.05, 3.63) is 54.2 Å². The number of carbonyl (C=O) groups excluding carboxylic acids is 1. The van der Waals surface area contributed by atoms with Gasteiger partial charge in [0.15, 0.2) is 11.7 Å². The van der Waals surface area contributed by atoms with Gasteiger partial charge in [0.2, 0.25) is 5.91 Å². The highest BCUT2D eigenvalue weighted by Crippen LogP contribution is 2.40. The maximum atomic E-state index is 12.3. The summed E-state index contributed by atoms with van der Waals surface area (Å²) < 4.78 is 7.70. The molecule has 1 fully saturated rings. The van der Waals surface area contributed by atoms with Gasteiger partial charge in [-0.15, -0.1) is 0 Å². The minimum absolute atomic E-state index is 0.0603. The number of oxazole rings is 1. The number of carbonyl (C=O) groups is 1. The fraction of sp³-hybridized carbons (Fsp3) is 0.381. The van der Waals surface area contributed by atoms with Crippen molar-refractivity contribution in [1.82, 2.24) is 14.8 Å². The Morgan fingerprint density at radius 3 is 2.81 bits per heavy atom. The van der Waals surface area contributed by atoms with Crippen molar-refractivity contribution >= 4 is 11.7 Å². The lowest BCUT2D eigenvalue weighted by Gasteiger charge is -2.15. The highest BCUT2D eigenvalue weighted by molar-refractivity contribution is 5.89. The van der Waals surface area contributed by atoms with E-state index in [2.05, 4.69) is 22.3 Å². The monoisotopic (exact) mass is 364 g/mol. The van der Waals surface area contributed by atoms with Gasteiger partial charge in [-0.3, -0.25) is 4.79 Å². The standard InChI is InChI=1S/C21H24N4O2/c1-14-3-5-17(6-4-14)18-13-22-21(27-18)10-9-20(26)24-19-11-12-23-25(19)15(2)16-7-8-16/h3-6,11-13,15-16H,7-10H2,1-2H3,(H,24,26).